The van der Waals surface area contributed by atoms with Crippen LogP contribution in [0.15, 0.2) is 48.8 Å². The summed E-state index contributed by atoms with van der Waals surface area (Å²) in [6, 6.07) is 8.68. The van der Waals surface area contributed by atoms with Crippen molar-refractivity contribution in [3.8, 4) is 17.0 Å². The number of aliphatic carboxylic acids is 1. The van der Waals surface area contributed by atoms with Crippen molar-refractivity contribution in [2.24, 2.45) is 17.6 Å². The highest BCUT2D eigenvalue weighted by molar-refractivity contribution is 6.20. The first-order valence-electron chi connectivity index (χ1n) is 11.8. The fourth-order valence-electron chi connectivity index (χ4n) is 4.62. The number of anilines is 2. The maximum atomic E-state index is 13.0. The molecule has 0 unspecified atom stereocenters. The fraction of sp³-hybridized carbons (Fsp3) is 0.360. The molecule has 0 aliphatic carbocycles. The lowest BCUT2D eigenvalue weighted by atomic mass is 9.75. The van der Waals surface area contributed by atoms with Crippen LogP contribution in [0.1, 0.15) is 30.6 Å². The van der Waals surface area contributed by atoms with Gasteiger partial charge in [0.25, 0.3) is 5.91 Å². The number of nitrogens with one attached hydrogen (secondary N) is 2. The zero-order chi connectivity index (χ0) is 27.7. The monoisotopic (exact) mass is 548 g/mol. The van der Waals surface area contributed by atoms with E-state index in [1.54, 1.807) is 32.2 Å². The Balaban J connectivity index is 1.57. The lowest BCUT2D eigenvalue weighted by molar-refractivity contribution is -0.147. The zero-order valence-corrected chi connectivity index (χ0v) is 21.4. The Bertz CT molecular complexity index is 1300. The van der Waals surface area contributed by atoms with Crippen molar-refractivity contribution in [3.63, 3.8) is 0 Å². The Kier molecular flexibility index (Phi) is 7.56. The summed E-state index contributed by atoms with van der Waals surface area (Å²) in [5, 5.41) is 19.4. The summed E-state index contributed by atoms with van der Waals surface area (Å²) in [7, 11) is 0. The highest BCUT2D eigenvalue weighted by Crippen LogP contribution is 2.37. The fourth-order valence-corrected chi connectivity index (χ4v) is 4.71. The molecule has 5 N–H and O–H groups in total. The van der Waals surface area contributed by atoms with Crippen molar-refractivity contribution in [2.45, 2.75) is 31.4 Å². The van der Waals surface area contributed by atoms with E-state index in [2.05, 4.69) is 25.2 Å². The van der Waals surface area contributed by atoms with Gasteiger partial charge in [-0.1, -0.05) is 13.8 Å². The molecule has 1 saturated heterocycles. The summed E-state index contributed by atoms with van der Waals surface area (Å²) < 4.78 is 29.9. The molecule has 10 nitrogen and oxygen atoms in total. The Morgan fingerprint density at radius 1 is 1.29 bits per heavy atom. The third-order valence-electron chi connectivity index (χ3n) is 6.75. The quantitative estimate of drug-likeness (QED) is 0.292. The summed E-state index contributed by atoms with van der Waals surface area (Å²) in [4.78, 5) is 31.5. The number of nitrogens with two attached hydrogens (primary N) is 1. The largest absolute Gasteiger partial charge is 0.487 e. The van der Waals surface area contributed by atoms with E-state index >= 15 is 0 Å². The minimum absolute atomic E-state index is 0.165. The van der Waals surface area contributed by atoms with Gasteiger partial charge in [-0.15, -0.1) is 8.78 Å². The molecule has 38 heavy (non-hydrogen) atoms. The van der Waals surface area contributed by atoms with Crippen LogP contribution in [0.2, 0.25) is 0 Å². The molecule has 202 valence electrons. The van der Waals surface area contributed by atoms with Crippen molar-refractivity contribution < 1.29 is 28.2 Å². The average molecular weight is 549 g/mol. The molecule has 3 aromatic rings. The predicted molar refractivity (Wildman–Crippen MR) is 137 cm³/mol. The molecule has 0 bridgehead atoms. The van der Waals surface area contributed by atoms with Crippen molar-refractivity contribution in [1.29, 1.82) is 0 Å². The van der Waals surface area contributed by atoms with E-state index in [0.717, 1.165) is 0 Å². The SMILES string of the molecule is CC(C)[C@@](N)(C(=O)O)[C@@H]1CCN(c2ncc(C(=O)Nc3ccc(OC(F)(F)Cl)cc3)cc2-c2ccn[nH]2)C1. The molecule has 4 rings (SSSR count). The van der Waals surface area contributed by atoms with Crippen LogP contribution >= 0.6 is 11.6 Å². The van der Waals surface area contributed by atoms with Crippen LogP contribution in [0.3, 0.4) is 0 Å². The number of carboxylic acid groups (broad SMARTS) is 1. The molecule has 0 radical (unpaired) electrons. The normalized spacial score (nSPS) is 17.3. The Labute approximate surface area is 222 Å². The number of amides is 1. The first kappa shape index (κ1) is 27.3. The molecule has 1 amide bonds. The van der Waals surface area contributed by atoms with Crippen LogP contribution in [0.4, 0.5) is 20.3 Å². The van der Waals surface area contributed by atoms with E-state index in [1.165, 1.54) is 30.5 Å². The van der Waals surface area contributed by atoms with Gasteiger partial charge in [-0.25, -0.2) is 4.98 Å². The van der Waals surface area contributed by atoms with Gasteiger partial charge in [0.05, 0.1) is 11.3 Å². The lowest BCUT2D eigenvalue weighted by Gasteiger charge is -2.35. The second kappa shape index (κ2) is 10.5. The number of carbonyl (C=O) groups excluding carboxylic acids is 1. The number of nitrogens with zero attached hydrogens (tertiary/aromatic N) is 3. The van der Waals surface area contributed by atoms with E-state index in [-0.39, 0.29) is 23.1 Å². The number of H-pyrrole nitrogens is 1. The molecular formula is C25H27ClF2N6O4. The number of ether oxygens (including phenoxy) is 1. The summed E-state index contributed by atoms with van der Waals surface area (Å²) in [6.07, 6.45) is 3.56. The van der Waals surface area contributed by atoms with Gasteiger partial charge in [-0.2, -0.15) is 5.10 Å². The van der Waals surface area contributed by atoms with Crippen LogP contribution in [-0.2, 0) is 4.79 Å². The molecule has 1 fully saturated rings. The minimum Gasteiger partial charge on any atom is -0.480 e. The summed E-state index contributed by atoms with van der Waals surface area (Å²) in [5.41, 5.74) is 2.95. The van der Waals surface area contributed by atoms with E-state index in [0.29, 0.717) is 42.3 Å². The highest BCUT2D eigenvalue weighted by atomic mass is 35.5. The number of hydrogen-bond acceptors (Lipinski definition) is 7. The van der Waals surface area contributed by atoms with E-state index in [9.17, 15) is 23.5 Å². The zero-order valence-electron chi connectivity index (χ0n) is 20.6. The van der Waals surface area contributed by atoms with Gasteiger partial charge >= 0.3 is 11.5 Å². The number of halogens is 3. The number of carbonyl (C=O) groups is 2. The highest BCUT2D eigenvalue weighted by Gasteiger charge is 2.48. The Hall–Kier alpha value is -3.77. The second-order valence-electron chi connectivity index (χ2n) is 9.42. The topological polar surface area (TPSA) is 146 Å². The van der Waals surface area contributed by atoms with E-state index in [1.807, 2.05) is 4.90 Å². The molecule has 0 spiro atoms. The molecule has 1 aromatic carbocycles. The minimum atomic E-state index is -3.84. The number of benzene rings is 1. The Morgan fingerprint density at radius 3 is 2.58 bits per heavy atom. The van der Waals surface area contributed by atoms with Crippen molar-refractivity contribution in [2.75, 3.05) is 23.3 Å². The smallest absolute Gasteiger partial charge is 0.480 e. The number of aromatic amines is 1. The molecular weight excluding hydrogens is 522 g/mol. The number of aromatic nitrogens is 3. The van der Waals surface area contributed by atoms with Crippen LogP contribution in [0.25, 0.3) is 11.3 Å². The van der Waals surface area contributed by atoms with Gasteiger partial charge < -0.3 is 25.8 Å². The third kappa shape index (κ3) is 5.70. The first-order chi connectivity index (χ1) is 17.9. The molecule has 0 saturated carbocycles. The third-order valence-corrected chi connectivity index (χ3v) is 6.83. The van der Waals surface area contributed by atoms with E-state index in [4.69, 9.17) is 17.3 Å². The van der Waals surface area contributed by atoms with Gasteiger partial charge in [0.1, 0.15) is 17.1 Å². The van der Waals surface area contributed by atoms with Crippen molar-refractivity contribution in [3.05, 3.63) is 54.4 Å². The van der Waals surface area contributed by atoms with Gasteiger partial charge in [-0.3, -0.25) is 14.7 Å². The number of pyridine rings is 1. The van der Waals surface area contributed by atoms with Gasteiger partial charge in [0, 0.05) is 54.3 Å². The molecule has 3 heterocycles. The number of carboxylic acids is 1. The van der Waals surface area contributed by atoms with Gasteiger partial charge in [-0.05, 0) is 48.7 Å². The lowest BCUT2D eigenvalue weighted by Crippen LogP contribution is -2.58. The summed E-state index contributed by atoms with van der Waals surface area (Å²) in [6.45, 7) is 4.52. The predicted octanol–water partition coefficient (Wildman–Crippen LogP) is 4.16. The number of alkyl halides is 3. The molecule has 2 atom stereocenters. The number of hydrogen-bond donors (Lipinski definition) is 4. The molecule has 13 heteroatoms. The molecule has 1 aliphatic heterocycles. The molecule has 2 aromatic heterocycles. The van der Waals surface area contributed by atoms with Crippen molar-refractivity contribution in [1.82, 2.24) is 15.2 Å². The standard InChI is InChI=1S/C25H27ClF2N6O4/c1-14(2)24(29,23(36)37)16-8-10-34(13-16)21-19(20-7-9-31-33-20)11-15(12-30-21)22(35)32-17-3-5-18(6-4-17)38-25(26,27)28/h3-7,9,11-12,14,16H,8,10,13,29H2,1-2H3,(H,31,33)(H,32,35)(H,36,37)/t16-,24+/m1/s1. The second-order valence-corrected chi connectivity index (χ2v) is 9.86. The van der Waals surface area contributed by atoms with Crippen LogP contribution in [-0.4, -0.2) is 56.4 Å². The summed E-state index contributed by atoms with van der Waals surface area (Å²) in [5.74, 6) is -1.70. The van der Waals surface area contributed by atoms with Gasteiger partial charge in [0.15, 0.2) is 0 Å². The van der Waals surface area contributed by atoms with Gasteiger partial charge in [0.2, 0.25) is 0 Å². The van der Waals surface area contributed by atoms with Crippen LogP contribution in [0.5, 0.6) is 5.75 Å². The molecule has 1 aliphatic rings. The Morgan fingerprint density at radius 2 is 2.00 bits per heavy atom. The van der Waals surface area contributed by atoms with Crippen molar-refractivity contribution >= 4 is 35.0 Å². The maximum absolute atomic E-state index is 13.0. The van der Waals surface area contributed by atoms with Crippen LogP contribution in [0, 0.1) is 11.8 Å². The number of rotatable bonds is 9. The summed E-state index contributed by atoms with van der Waals surface area (Å²) >= 11 is 4.77. The van der Waals surface area contributed by atoms with E-state index < -0.39 is 23.0 Å². The maximum Gasteiger partial charge on any atom is 0.487 e. The average Bonchev–Trinajstić information content (AvgIpc) is 3.56. The first-order valence-corrected chi connectivity index (χ1v) is 12.2. The van der Waals surface area contributed by atoms with Crippen LogP contribution < -0.4 is 20.7 Å².